The summed E-state index contributed by atoms with van der Waals surface area (Å²) in [5.74, 6) is 5.83. The van der Waals surface area contributed by atoms with Crippen molar-refractivity contribution in [2.45, 2.75) is 32.3 Å². The fourth-order valence-corrected chi connectivity index (χ4v) is 1.48. The Morgan fingerprint density at radius 3 is 2.50 bits per heavy atom. The predicted molar refractivity (Wildman–Crippen MR) is 58.9 cm³/mol. The Hall–Kier alpha value is -1.26. The molecular formula is C13H16O. The summed E-state index contributed by atoms with van der Waals surface area (Å²) < 4.78 is 0. The molecule has 0 aromatic heterocycles. The number of aliphatic hydroxyl groups is 1. The Balaban J connectivity index is 2.57. The molecule has 0 saturated carbocycles. The highest BCUT2D eigenvalue weighted by molar-refractivity contribution is 5.19. The van der Waals surface area contributed by atoms with Gasteiger partial charge in [-0.05, 0) is 24.8 Å². The van der Waals surface area contributed by atoms with Crippen molar-refractivity contribution in [3.05, 3.63) is 35.9 Å². The lowest BCUT2D eigenvalue weighted by atomic mass is 9.95. The Labute approximate surface area is 85.8 Å². The van der Waals surface area contributed by atoms with Crippen molar-refractivity contribution >= 4 is 0 Å². The summed E-state index contributed by atoms with van der Waals surface area (Å²) in [6, 6.07) is 10.2. The van der Waals surface area contributed by atoms with Gasteiger partial charge in [0.05, 0.1) is 0 Å². The number of hydrogen-bond acceptors (Lipinski definition) is 1. The van der Waals surface area contributed by atoms with Crippen LogP contribution in [0.2, 0.25) is 0 Å². The summed E-state index contributed by atoms with van der Waals surface area (Å²) in [5, 5.41) is 9.51. The minimum Gasteiger partial charge on any atom is -0.380 e. The third-order valence-electron chi connectivity index (χ3n) is 2.26. The van der Waals surface area contributed by atoms with E-state index >= 15 is 0 Å². The minimum atomic E-state index is -0.504. The van der Waals surface area contributed by atoms with Crippen molar-refractivity contribution < 1.29 is 5.11 Å². The predicted octanol–water partition coefficient (Wildman–Crippen LogP) is 2.56. The van der Waals surface area contributed by atoms with Gasteiger partial charge >= 0.3 is 0 Å². The fourth-order valence-electron chi connectivity index (χ4n) is 1.48. The lowest BCUT2D eigenvalue weighted by Gasteiger charge is -2.12. The van der Waals surface area contributed by atoms with E-state index in [2.05, 4.69) is 30.9 Å². The van der Waals surface area contributed by atoms with Gasteiger partial charge < -0.3 is 5.11 Å². The molecule has 1 N–H and O–H groups in total. The fraction of sp³-hybridized carbons (Fsp3) is 0.385. The number of aliphatic hydroxyl groups excluding tert-OH is 1. The van der Waals surface area contributed by atoms with Crippen LogP contribution in [0.25, 0.3) is 0 Å². The van der Waals surface area contributed by atoms with Gasteiger partial charge in [-0.15, -0.1) is 5.92 Å². The number of hydrogen-bond donors (Lipinski definition) is 1. The monoisotopic (exact) mass is 188 g/mol. The molecule has 0 aliphatic rings. The molecule has 0 spiro atoms. The van der Waals surface area contributed by atoms with Crippen LogP contribution in [-0.2, 0) is 0 Å². The molecule has 2 atom stereocenters. The van der Waals surface area contributed by atoms with Crippen molar-refractivity contribution in [1.82, 2.24) is 0 Å². The molecule has 0 fully saturated rings. The molecule has 1 nitrogen and oxygen atoms in total. The molecule has 0 radical (unpaired) electrons. The molecule has 0 bridgehead atoms. The van der Waals surface area contributed by atoms with Gasteiger partial charge in [-0.3, -0.25) is 0 Å². The van der Waals surface area contributed by atoms with E-state index in [9.17, 15) is 5.11 Å². The normalized spacial score (nSPS) is 13.9. The maximum atomic E-state index is 9.51. The van der Waals surface area contributed by atoms with Crippen LogP contribution in [-0.4, -0.2) is 11.2 Å². The standard InChI is InChI=1S/C13H16O/c1-3-7-13(14)10-11(2)12-8-5-4-6-9-12/h4-6,8-9,11,13-14H,10H2,1-2H3. The molecule has 1 heteroatoms. The maximum Gasteiger partial charge on any atom is 0.115 e. The van der Waals surface area contributed by atoms with Crippen LogP contribution in [0.1, 0.15) is 31.7 Å². The zero-order chi connectivity index (χ0) is 10.4. The minimum absolute atomic E-state index is 0.354. The first kappa shape index (κ1) is 10.8. The molecule has 14 heavy (non-hydrogen) atoms. The summed E-state index contributed by atoms with van der Waals surface area (Å²) in [4.78, 5) is 0. The van der Waals surface area contributed by atoms with Gasteiger partial charge in [0, 0.05) is 0 Å². The van der Waals surface area contributed by atoms with Crippen LogP contribution >= 0.6 is 0 Å². The summed E-state index contributed by atoms with van der Waals surface area (Å²) in [6.07, 6.45) is 0.195. The van der Waals surface area contributed by atoms with Crippen LogP contribution in [0.3, 0.4) is 0 Å². The molecule has 2 unspecified atom stereocenters. The van der Waals surface area contributed by atoms with Gasteiger partial charge in [0.25, 0.3) is 0 Å². The van der Waals surface area contributed by atoms with Crippen molar-refractivity contribution in [3.8, 4) is 11.8 Å². The Morgan fingerprint density at radius 2 is 1.93 bits per heavy atom. The highest BCUT2D eigenvalue weighted by atomic mass is 16.3. The van der Waals surface area contributed by atoms with Crippen LogP contribution in [0, 0.1) is 11.8 Å². The second kappa shape index (κ2) is 5.47. The zero-order valence-electron chi connectivity index (χ0n) is 8.70. The Morgan fingerprint density at radius 1 is 1.29 bits per heavy atom. The Bertz CT molecular complexity index is 318. The maximum absolute atomic E-state index is 9.51. The average molecular weight is 188 g/mol. The smallest absolute Gasteiger partial charge is 0.115 e. The van der Waals surface area contributed by atoms with Gasteiger partial charge in [0.15, 0.2) is 0 Å². The summed E-state index contributed by atoms with van der Waals surface area (Å²) in [6.45, 7) is 3.85. The van der Waals surface area contributed by atoms with E-state index in [0.717, 1.165) is 0 Å². The summed E-state index contributed by atoms with van der Waals surface area (Å²) in [5.41, 5.74) is 1.25. The Kier molecular flexibility index (Phi) is 4.22. The highest BCUT2D eigenvalue weighted by Gasteiger charge is 2.09. The van der Waals surface area contributed by atoms with Crippen molar-refractivity contribution in [1.29, 1.82) is 0 Å². The molecule has 74 valence electrons. The molecule has 1 aromatic carbocycles. The first-order valence-corrected chi connectivity index (χ1v) is 4.89. The van der Waals surface area contributed by atoms with E-state index in [0.29, 0.717) is 12.3 Å². The molecule has 0 saturated heterocycles. The van der Waals surface area contributed by atoms with Crippen LogP contribution in [0.15, 0.2) is 30.3 Å². The van der Waals surface area contributed by atoms with Crippen LogP contribution in [0.5, 0.6) is 0 Å². The van der Waals surface area contributed by atoms with E-state index in [1.54, 1.807) is 6.92 Å². The number of benzene rings is 1. The molecule has 0 heterocycles. The second-order valence-electron chi connectivity index (χ2n) is 3.46. The molecule has 1 aromatic rings. The quantitative estimate of drug-likeness (QED) is 0.723. The summed E-state index contributed by atoms with van der Waals surface area (Å²) in [7, 11) is 0. The first-order chi connectivity index (χ1) is 6.74. The van der Waals surface area contributed by atoms with Crippen molar-refractivity contribution in [3.63, 3.8) is 0 Å². The van der Waals surface area contributed by atoms with E-state index in [1.165, 1.54) is 5.56 Å². The topological polar surface area (TPSA) is 20.2 Å². The SMILES string of the molecule is CC#CC(O)CC(C)c1ccccc1. The zero-order valence-corrected chi connectivity index (χ0v) is 8.70. The van der Waals surface area contributed by atoms with Gasteiger partial charge in [-0.1, -0.05) is 43.2 Å². The van der Waals surface area contributed by atoms with Gasteiger partial charge in [0.1, 0.15) is 6.10 Å². The largest absolute Gasteiger partial charge is 0.380 e. The highest BCUT2D eigenvalue weighted by Crippen LogP contribution is 2.19. The van der Waals surface area contributed by atoms with E-state index in [4.69, 9.17) is 0 Å². The molecule has 1 rings (SSSR count). The average Bonchev–Trinajstić information content (AvgIpc) is 2.19. The van der Waals surface area contributed by atoms with Crippen molar-refractivity contribution in [2.24, 2.45) is 0 Å². The summed E-state index contributed by atoms with van der Waals surface area (Å²) >= 11 is 0. The third kappa shape index (κ3) is 3.24. The lowest BCUT2D eigenvalue weighted by Crippen LogP contribution is -2.07. The van der Waals surface area contributed by atoms with Crippen LogP contribution < -0.4 is 0 Å². The van der Waals surface area contributed by atoms with Crippen LogP contribution in [0.4, 0.5) is 0 Å². The van der Waals surface area contributed by atoms with Gasteiger partial charge in [-0.2, -0.15) is 0 Å². The first-order valence-electron chi connectivity index (χ1n) is 4.89. The van der Waals surface area contributed by atoms with E-state index < -0.39 is 6.10 Å². The van der Waals surface area contributed by atoms with Crippen molar-refractivity contribution in [2.75, 3.05) is 0 Å². The van der Waals surface area contributed by atoms with Gasteiger partial charge in [-0.25, -0.2) is 0 Å². The lowest BCUT2D eigenvalue weighted by molar-refractivity contribution is 0.213. The molecule has 0 aliphatic carbocycles. The second-order valence-corrected chi connectivity index (χ2v) is 3.46. The molecular weight excluding hydrogens is 172 g/mol. The van der Waals surface area contributed by atoms with Gasteiger partial charge in [0.2, 0.25) is 0 Å². The number of rotatable bonds is 3. The third-order valence-corrected chi connectivity index (χ3v) is 2.26. The van der Waals surface area contributed by atoms with E-state index in [-0.39, 0.29) is 0 Å². The molecule has 0 aliphatic heterocycles. The van der Waals surface area contributed by atoms with E-state index in [1.807, 2.05) is 18.2 Å². The molecule has 0 amide bonds.